The minimum atomic E-state index is -0.0327. The minimum absolute atomic E-state index is 0. The van der Waals surface area contributed by atoms with E-state index in [1.165, 1.54) is 5.56 Å². The van der Waals surface area contributed by atoms with Gasteiger partial charge >= 0.3 is 0 Å². The van der Waals surface area contributed by atoms with Gasteiger partial charge in [0, 0.05) is 31.7 Å². The monoisotopic (exact) mass is 471 g/mol. The number of benzene rings is 1. The highest BCUT2D eigenvalue weighted by Gasteiger charge is 2.21. The Morgan fingerprint density at radius 2 is 1.88 bits per heavy atom. The molecule has 2 aromatic rings. The van der Waals surface area contributed by atoms with Gasteiger partial charge in [-0.25, -0.2) is 4.99 Å². The SMILES string of the molecule is CCNC(=NCc1ccnn1C)NCC(C)(C)c1ccc(OC)cc1.I. The lowest BCUT2D eigenvalue weighted by Gasteiger charge is -2.27. The molecule has 0 bridgehead atoms. The number of nitrogens with zero attached hydrogens (tertiary/aromatic N) is 3. The Labute approximate surface area is 173 Å². The summed E-state index contributed by atoms with van der Waals surface area (Å²) in [5, 5.41) is 10.9. The van der Waals surface area contributed by atoms with Crippen LogP contribution in [0.4, 0.5) is 0 Å². The topological polar surface area (TPSA) is 63.5 Å². The Bertz CT molecular complexity index is 694. The lowest BCUT2D eigenvalue weighted by molar-refractivity contribution is 0.414. The van der Waals surface area contributed by atoms with E-state index in [2.05, 4.69) is 53.6 Å². The van der Waals surface area contributed by atoms with Crippen molar-refractivity contribution in [2.45, 2.75) is 32.7 Å². The summed E-state index contributed by atoms with van der Waals surface area (Å²) in [6.07, 6.45) is 1.79. The molecule has 7 heteroatoms. The number of nitrogens with one attached hydrogen (secondary N) is 2. The molecule has 0 amide bonds. The van der Waals surface area contributed by atoms with Gasteiger partial charge in [0.25, 0.3) is 0 Å². The molecule has 1 aromatic heterocycles. The highest BCUT2D eigenvalue weighted by Crippen LogP contribution is 2.24. The number of aromatic nitrogens is 2. The molecule has 0 aliphatic carbocycles. The highest BCUT2D eigenvalue weighted by atomic mass is 127. The lowest BCUT2D eigenvalue weighted by atomic mass is 9.84. The molecule has 0 radical (unpaired) electrons. The van der Waals surface area contributed by atoms with E-state index in [4.69, 9.17) is 4.74 Å². The van der Waals surface area contributed by atoms with Crippen molar-refractivity contribution in [3.63, 3.8) is 0 Å². The van der Waals surface area contributed by atoms with Crippen LogP contribution in [0.3, 0.4) is 0 Å². The summed E-state index contributed by atoms with van der Waals surface area (Å²) in [6, 6.07) is 10.2. The molecule has 0 fully saturated rings. The average Bonchev–Trinajstić information content (AvgIpc) is 3.02. The third kappa shape index (κ3) is 6.19. The quantitative estimate of drug-likeness (QED) is 0.370. The standard InChI is InChI=1S/C19H29N5O.HI/c1-6-20-18(21-13-16-11-12-23-24(16)4)22-14-19(2,3)15-7-9-17(25-5)10-8-15;/h7-12H,6,13-14H2,1-5H3,(H2,20,21,22);1H. The zero-order valence-electron chi connectivity index (χ0n) is 16.2. The molecule has 0 spiro atoms. The van der Waals surface area contributed by atoms with Crippen LogP contribution in [0.25, 0.3) is 0 Å². The number of methoxy groups -OCH3 is 1. The van der Waals surface area contributed by atoms with Gasteiger partial charge in [0.2, 0.25) is 0 Å². The van der Waals surface area contributed by atoms with Gasteiger partial charge in [0.15, 0.2) is 5.96 Å². The van der Waals surface area contributed by atoms with Crippen LogP contribution in [0, 0.1) is 0 Å². The maximum Gasteiger partial charge on any atom is 0.191 e. The van der Waals surface area contributed by atoms with E-state index in [1.54, 1.807) is 13.3 Å². The van der Waals surface area contributed by atoms with Gasteiger partial charge in [-0.3, -0.25) is 4.68 Å². The summed E-state index contributed by atoms with van der Waals surface area (Å²) in [4.78, 5) is 4.65. The molecule has 0 aliphatic heterocycles. The van der Waals surface area contributed by atoms with Gasteiger partial charge in [0.1, 0.15) is 5.75 Å². The molecular formula is C19H30IN5O. The summed E-state index contributed by atoms with van der Waals surface area (Å²) >= 11 is 0. The zero-order chi connectivity index (χ0) is 18.3. The summed E-state index contributed by atoms with van der Waals surface area (Å²) < 4.78 is 7.08. The van der Waals surface area contributed by atoms with E-state index in [1.807, 2.05) is 29.9 Å². The van der Waals surface area contributed by atoms with Crippen LogP contribution in [0.5, 0.6) is 5.75 Å². The fourth-order valence-electron chi connectivity index (χ4n) is 2.51. The first kappa shape index (κ1) is 22.3. The minimum Gasteiger partial charge on any atom is -0.497 e. The van der Waals surface area contributed by atoms with Crippen molar-refractivity contribution in [3.8, 4) is 5.75 Å². The van der Waals surface area contributed by atoms with Crippen molar-refractivity contribution < 1.29 is 4.74 Å². The summed E-state index contributed by atoms with van der Waals surface area (Å²) in [6.45, 7) is 8.68. The molecule has 2 rings (SSSR count). The van der Waals surface area contributed by atoms with Crippen LogP contribution in [0.15, 0.2) is 41.5 Å². The molecule has 0 unspecified atom stereocenters. The highest BCUT2D eigenvalue weighted by molar-refractivity contribution is 14.0. The number of aliphatic imine (C=N–C) groups is 1. The van der Waals surface area contributed by atoms with Crippen molar-refractivity contribution in [3.05, 3.63) is 47.8 Å². The zero-order valence-corrected chi connectivity index (χ0v) is 18.6. The predicted octanol–water partition coefficient (Wildman–Crippen LogP) is 3.08. The van der Waals surface area contributed by atoms with Gasteiger partial charge in [-0.05, 0) is 30.7 Å². The van der Waals surface area contributed by atoms with Crippen LogP contribution in [-0.4, -0.2) is 35.9 Å². The molecular weight excluding hydrogens is 441 g/mol. The first-order valence-electron chi connectivity index (χ1n) is 8.60. The summed E-state index contributed by atoms with van der Waals surface area (Å²) in [7, 11) is 3.61. The van der Waals surface area contributed by atoms with E-state index < -0.39 is 0 Å². The molecule has 26 heavy (non-hydrogen) atoms. The number of aryl methyl sites for hydroxylation is 1. The molecule has 0 saturated carbocycles. The van der Waals surface area contributed by atoms with Crippen LogP contribution < -0.4 is 15.4 Å². The molecule has 2 N–H and O–H groups in total. The number of hydrogen-bond donors (Lipinski definition) is 2. The van der Waals surface area contributed by atoms with Crippen LogP contribution in [-0.2, 0) is 19.0 Å². The Balaban J connectivity index is 0.00000338. The van der Waals surface area contributed by atoms with E-state index in [0.29, 0.717) is 6.54 Å². The van der Waals surface area contributed by atoms with Gasteiger partial charge in [-0.15, -0.1) is 24.0 Å². The first-order valence-corrected chi connectivity index (χ1v) is 8.60. The fourth-order valence-corrected chi connectivity index (χ4v) is 2.51. The van der Waals surface area contributed by atoms with E-state index in [0.717, 1.165) is 30.5 Å². The third-order valence-electron chi connectivity index (χ3n) is 4.24. The van der Waals surface area contributed by atoms with Gasteiger partial charge in [-0.2, -0.15) is 5.10 Å². The number of guanidine groups is 1. The molecule has 6 nitrogen and oxygen atoms in total. The van der Waals surface area contributed by atoms with Gasteiger partial charge < -0.3 is 15.4 Å². The molecule has 1 heterocycles. The van der Waals surface area contributed by atoms with Crippen LogP contribution in [0.2, 0.25) is 0 Å². The molecule has 0 atom stereocenters. The van der Waals surface area contributed by atoms with Gasteiger partial charge in [-0.1, -0.05) is 26.0 Å². The third-order valence-corrected chi connectivity index (χ3v) is 4.24. The second-order valence-corrected chi connectivity index (χ2v) is 6.61. The van der Waals surface area contributed by atoms with Gasteiger partial charge in [0.05, 0.1) is 19.3 Å². The number of hydrogen-bond acceptors (Lipinski definition) is 3. The lowest BCUT2D eigenvalue weighted by Crippen LogP contribution is -2.43. The van der Waals surface area contributed by atoms with E-state index in [9.17, 15) is 0 Å². The molecule has 0 aliphatic rings. The Kier molecular flexibility index (Phi) is 8.91. The smallest absolute Gasteiger partial charge is 0.191 e. The summed E-state index contributed by atoms with van der Waals surface area (Å²) in [5.41, 5.74) is 2.30. The predicted molar refractivity (Wildman–Crippen MR) is 117 cm³/mol. The molecule has 1 aromatic carbocycles. The maximum atomic E-state index is 5.24. The maximum absolute atomic E-state index is 5.24. The van der Waals surface area contributed by atoms with Crippen molar-refractivity contribution in [2.24, 2.45) is 12.0 Å². The second-order valence-electron chi connectivity index (χ2n) is 6.61. The Morgan fingerprint density at radius 3 is 2.42 bits per heavy atom. The largest absolute Gasteiger partial charge is 0.497 e. The summed E-state index contributed by atoms with van der Waals surface area (Å²) in [5.74, 6) is 1.68. The number of rotatable bonds is 7. The number of halogens is 1. The van der Waals surface area contributed by atoms with Crippen molar-refractivity contribution in [1.29, 1.82) is 0 Å². The number of ether oxygens (including phenoxy) is 1. The normalized spacial score (nSPS) is 11.7. The van der Waals surface area contributed by atoms with E-state index >= 15 is 0 Å². The Morgan fingerprint density at radius 1 is 1.19 bits per heavy atom. The average molecular weight is 471 g/mol. The molecule has 144 valence electrons. The van der Waals surface area contributed by atoms with Crippen LogP contribution in [0.1, 0.15) is 32.0 Å². The van der Waals surface area contributed by atoms with Crippen molar-refractivity contribution >= 4 is 29.9 Å². The Hall–Kier alpha value is -1.77. The van der Waals surface area contributed by atoms with Crippen molar-refractivity contribution in [2.75, 3.05) is 20.2 Å². The first-order chi connectivity index (χ1) is 12.0. The fraction of sp³-hybridized carbons (Fsp3) is 0.474. The van der Waals surface area contributed by atoms with Crippen LogP contribution >= 0.6 is 24.0 Å². The van der Waals surface area contributed by atoms with E-state index in [-0.39, 0.29) is 29.4 Å². The second kappa shape index (κ2) is 10.4. The molecule has 0 saturated heterocycles. The van der Waals surface area contributed by atoms with Crippen molar-refractivity contribution in [1.82, 2.24) is 20.4 Å².